The Kier molecular flexibility index (Phi) is 17.3. The number of carbonyl (C=O) groups is 1. The predicted octanol–water partition coefficient (Wildman–Crippen LogP) is 8.91. The van der Waals surface area contributed by atoms with Crippen molar-refractivity contribution in [3.8, 4) is 5.75 Å². The fourth-order valence-corrected chi connectivity index (χ4v) is 5.10. The van der Waals surface area contributed by atoms with Crippen molar-refractivity contribution in [2.75, 3.05) is 33.9 Å². The maximum atomic E-state index is 12.1. The molecule has 39 heavy (non-hydrogen) atoms. The summed E-state index contributed by atoms with van der Waals surface area (Å²) in [6.07, 6.45) is 18.6. The molecule has 0 atom stereocenters. The second-order valence-corrected chi connectivity index (χ2v) is 11.8. The molecular weight excluding hydrogens is 482 g/mol. The van der Waals surface area contributed by atoms with E-state index in [4.69, 9.17) is 9.47 Å². The molecule has 0 heterocycles. The number of rotatable bonds is 23. The van der Waals surface area contributed by atoms with Crippen LogP contribution in [0, 0.1) is 0 Å². The second kappa shape index (κ2) is 20.6. The lowest BCUT2D eigenvalue weighted by atomic mass is 10.0. The molecule has 0 bridgehead atoms. The Morgan fingerprint density at radius 3 is 1.92 bits per heavy atom. The van der Waals surface area contributed by atoms with E-state index in [1.807, 2.05) is 12.1 Å². The van der Waals surface area contributed by atoms with E-state index < -0.39 is 0 Å². The van der Waals surface area contributed by atoms with Crippen molar-refractivity contribution in [2.24, 2.45) is 0 Å². The molecule has 0 aliphatic carbocycles. The molecule has 0 saturated carbocycles. The third kappa shape index (κ3) is 17.1. The zero-order chi connectivity index (χ0) is 28.0. The van der Waals surface area contributed by atoms with Gasteiger partial charge in [0.15, 0.2) is 0 Å². The minimum atomic E-state index is -0.130. The van der Waals surface area contributed by atoms with Crippen molar-refractivity contribution < 1.29 is 18.8 Å². The largest absolute Gasteiger partial charge is 0.490 e. The first-order valence-corrected chi connectivity index (χ1v) is 15.7. The monoisotopic (exact) mass is 538 g/mol. The van der Waals surface area contributed by atoms with Gasteiger partial charge in [-0.1, -0.05) is 114 Å². The van der Waals surface area contributed by atoms with Crippen LogP contribution in [0.2, 0.25) is 0 Å². The highest BCUT2D eigenvalue weighted by molar-refractivity contribution is 5.69. The van der Waals surface area contributed by atoms with Crippen LogP contribution in [0.1, 0.15) is 108 Å². The summed E-state index contributed by atoms with van der Waals surface area (Å²) in [5.41, 5.74) is 2.72. The van der Waals surface area contributed by atoms with Crippen LogP contribution in [-0.2, 0) is 22.5 Å². The smallest absolute Gasteiger partial charge is 0.305 e. The zero-order valence-electron chi connectivity index (χ0n) is 25.3. The molecular formula is C35H56NO3+. The molecule has 0 radical (unpaired) electrons. The van der Waals surface area contributed by atoms with Gasteiger partial charge in [0.05, 0.1) is 20.6 Å². The molecule has 218 valence electrons. The maximum Gasteiger partial charge on any atom is 0.305 e. The summed E-state index contributed by atoms with van der Waals surface area (Å²) in [4.78, 5) is 12.1. The van der Waals surface area contributed by atoms with Crippen molar-refractivity contribution >= 4 is 5.97 Å². The highest BCUT2D eigenvalue weighted by Crippen LogP contribution is 2.16. The molecule has 0 unspecified atom stereocenters. The summed E-state index contributed by atoms with van der Waals surface area (Å²) in [5, 5.41) is 0. The summed E-state index contributed by atoms with van der Waals surface area (Å²) in [6.45, 7) is 5.02. The van der Waals surface area contributed by atoms with E-state index in [0.29, 0.717) is 19.6 Å². The minimum absolute atomic E-state index is 0.130. The van der Waals surface area contributed by atoms with Crippen molar-refractivity contribution in [1.29, 1.82) is 0 Å². The number of carbonyl (C=O) groups excluding carboxylic acids is 1. The van der Waals surface area contributed by atoms with Crippen molar-refractivity contribution in [2.45, 2.75) is 110 Å². The first kappa shape index (κ1) is 32.9. The lowest BCUT2D eigenvalue weighted by molar-refractivity contribution is -0.903. The standard InChI is InChI=1S/C35H56NO3/c1-4-5-6-7-8-9-10-11-12-13-15-20-32-24-26-34(27-25-32)38-29-30-39-35(37)23-18-19-28-36(2,3)31-33-21-16-14-17-22-33/h14,16-17,21-22,24-27H,4-13,15,18-20,23,28-31H2,1-3H3/q+1. The molecule has 0 aliphatic heterocycles. The molecule has 0 aliphatic rings. The summed E-state index contributed by atoms with van der Waals surface area (Å²) in [6, 6.07) is 19.0. The van der Waals surface area contributed by atoms with Gasteiger partial charge < -0.3 is 14.0 Å². The first-order valence-electron chi connectivity index (χ1n) is 15.7. The molecule has 4 nitrogen and oxygen atoms in total. The fourth-order valence-electron chi connectivity index (χ4n) is 5.10. The summed E-state index contributed by atoms with van der Waals surface area (Å²) >= 11 is 0. The third-order valence-corrected chi connectivity index (χ3v) is 7.46. The first-order chi connectivity index (χ1) is 19.0. The van der Waals surface area contributed by atoms with Gasteiger partial charge in [0, 0.05) is 12.0 Å². The number of aryl methyl sites for hydroxylation is 1. The number of hydrogen-bond acceptors (Lipinski definition) is 3. The highest BCUT2D eigenvalue weighted by atomic mass is 16.6. The van der Waals surface area contributed by atoms with Gasteiger partial charge in [-0.2, -0.15) is 0 Å². The summed E-state index contributed by atoms with van der Waals surface area (Å²) in [7, 11) is 4.49. The van der Waals surface area contributed by atoms with Gasteiger partial charge in [0.2, 0.25) is 0 Å². The van der Waals surface area contributed by atoms with Crippen LogP contribution < -0.4 is 4.74 Å². The Balaban J connectivity index is 1.44. The van der Waals surface area contributed by atoms with Gasteiger partial charge in [-0.05, 0) is 43.4 Å². The van der Waals surface area contributed by atoms with Crippen molar-refractivity contribution in [3.63, 3.8) is 0 Å². The molecule has 4 heteroatoms. The molecule has 0 aromatic heterocycles. The van der Waals surface area contributed by atoms with E-state index in [-0.39, 0.29) is 5.97 Å². The third-order valence-electron chi connectivity index (χ3n) is 7.46. The lowest BCUT2D eigenvalue weighted by Gasteiger charge is -2.30. The Morgan fingerprint density at radius 1 is 0.667 bits per heavy atom. The molecule has 2 rings (SSSR count). The van der Waals surface area contributed by atoms with E-state index in [0.717, 1.165) is 42.6 Å². The average Bonchev–Trinajstić information content (AvgIpc) is 2.93. The molecule has 2 aromatic rings. The van der Waals surface area contributed by atoms with Crippen molar-refractivity contribution in [1.82, 2.24) is 0 Å². The Morgan fingerprint density at radius 2 is 1.28 bits per heavy atom. The molecule has 0 amide bonds. The summed E-state index contributed by atoms with van der Waals surface area (Å²) in [5.74, 6) is 0.710. The van der Waals surface area contributed by atoms with E-state index >= 15 is 0 Å². The zero-order valence-corrected chi connectivity index (χ0v) is 25.3. The SMILES string of the molecule is CCCCCCCCCCCCCc1ccc(OCCOC(=O)CCCC[N+](C)(C)Cc2ccccc2)cc1. The van der Waals surface area contributed by atoms with Gasteiger partial charge >= 0.3 is 5.97 Å². The predicted molar refractivity (Wildman–Crippen MR) is 164 cm³/mol. The van der Waals surface area contributed by atoms with E-state index in [2.05, 4.69) is 63.5 Å². The molecule has 0 N–H and O–H groups in total. The summed E-state index contributed by atoms with van der Waals surface area (Å²) < 4.78 is 12.1. The van der Waals surface area contributed by atoms with Crippen LogP contribution in [0.3, 0.4) is 0 Å². The van der Waals surface area contributed by atoms with Gasteiger partial charge in [-0.3, -0.25) is 4.79 Å². The number of esters is 1. The van der Waals surface area contributed by atoms with Gasteiger partial charge in [0.25, 0.3) is 0 Å². The van der Waals surface area contributed by atoms with Crippen LogP contribution in [0.25, 0.3) is 0 Å². The van der Waals surface area contributed by atoms with Gasteiger partial charge in [0.1, 0.15) is 25.5 Å². The van der Waals surface area contributed by atoms with Crippen molar-refractivity contribution in [3.05, 3.63) is 65.7 Å². The minimum Gasteiger partial charge on any atom is -0.490 e. The van der Waals surface area contributed by atoms with Gasteiger partial charge in [-0.25, -0.2) is 0 Å². The number of hydrogen-bond donors (Lipinski definition) is 0. The molecule has 0 saturated heterocycles. The number of unbranched alkanes of at least 4 members (excludes halogenated alkanes) is 11. The average molecular weight is 539 g/mol. The van der Waals surface area contributed by atoms with Crippen LogP contribution in [-0.4, -0.2) is 44.3 Å². The molecule has 0 spiro atoms. The maximum absolute atomic E-state index is 12.1. The van der Waals surface area contributed by atoms with Crippen LogP contribution in [0.4, 0.5) is 0 Å². The van der Waals surface area contributed by atoms with E-state index in [1.54, 1.807) is 0 Å². The Bertz CT molecular complexity index is 863. The lowest BCUT2D eigenvalue weighted by Crippen LogP contribution is -2.39. The number of nitrogens with zero attached hydrogens (tertiary/aromatic N) is 1. The van der Waals surface area contributed by atoms with Crippen LogP contribution in [0.15, 0.2) is 54.6 Å². The normalized spacial score (nSPS) is 11.5. The van der Waals surface area contributed by atoms with Gasteiger partial charge in [-0.15, -0.1) is 0 Å². The number of quaternary nitrogens is 1. The van der Waals surface area contributed by atoms with Crippen LogP contribution in [0.5, 0.6) is 5.75 Å². The molecule has 2 aromatic carbocycles. The topological polar surface area (TPSA) is 35.5 Å². The Hall–Kier alpha value is -2.33. The van der Waals surface area contributed by atoms with Crippen LogP contribution >= 0.6 is 0 Å². The Labute approximate surface area is 239 Å². The van der Waals surface area contributed by atoms with E-state index in [9.17, 15) is 4.79 Å². The van der Waals surface area contributed by atoms with E-state index in [1.165, 1.54) is 81.8 Å². The quantitative estimate of drug-likeness (QED) is 0.0805. The second-order valence-electron chi connectivity index (χ2n) is 11.8. The highest BCUT2D eigenvalue weighted by Gasteiger charge is 2.15. The molecule has 0 fully saturated rings. The fraction of sp³-hybridized carbons (Fsp3) is 0.629. The number of ether oxygens (including phenoxy) is 2. The number of benzene rings is 2.